The molecule has 0 aromatic rings. The van der Waals surface area contributed by atoms with Gasteiger partial charge in [0.25, 0.3) is 0 Å². The summed E-state index contributed by atoms with van der Waals surface area (Å²) in [6.45, 7) is 5.14. The lowest BCUT2D eigenvalue weighted by Gasteiger charge is -2.19. The van der Waals surface area contributed by atoms with Crippen LogP contribution in [0.25, 0.3) is 0 Å². The summed E-state index contributed by atoms with van der Waals surface area (Å²) in [7, 11) is 0.125. The van der Waals surface area contributed by atoms with Crippen LogP contribution in [0.5, 0.6) is 0 Å². The normalized spacial score (nSPS) is 12.0. The molecule has 0 atom stereocenters. The molecule has 0 saturated carbocycles. The summed E-state index contributed by atoms with van der Waals surface area (Å²) in [6.07, 6.45) is 0.844. The first-order valence-corrected chi connectivity index (χ1v) is 7.26. The molecule has 0 fully saturated rings. The predicted molar refractivity (Wildman–Crippen MR) is 60.8 cm³/mol. The minimum Gasteiger partial charge on any atom is -0.390 e. The van der Waals surface area contributed by atoms with Gasteiger partial charge in [0.05, 0.1) is 6.61 Å². The molecule has 0 aromatic heterocycles. The summed E-state index contributed by atoms with van der Waals surface area (Å²) in [5.41, 5.74) is 0. The fourth-order valence-electron chi connectivity index (χ4n) is 1.14. The molecule has 0 aliphatic heterocycles. The Morgan fingerprint density at radius 2 is 1.87 bits per heavy atom. The Labute approximate surface area is 93.1 Å². The second kappa shape index (κ2) is 9.26. The van der Waals surface area contributed by atoms with Gasteiger partial charge in [-0.25, -0.2) is 0 Å². The van der Waals surface area contributed by atoms with Crippen molar-refractivity contribution in [3.05, 3.63) is 0 Å². The van der Waals surface area contributed by atoms with E-state index in [0.29, 0.717) is 6.04 Å². The standard InChI is InChI=1S/C9H23NO4Si/c1-4-14-8-7-10-6-5-9-15(11,12-2)13-3/h10-11H,4-9H2,1-3H3. The highest BCUT2D eigenvalue weighted by Gasteiger charge is 2.33. The summed E-state index contributed by atoms with van der Waals surface area (Å²) >= 11 is 0. The van der Waals surface area contributed by atoms with Gasteiger partial charge in [-0.1, -0.05) is 0 Å². The van der Waals surface area contributed by atoms with Crippen LogP contribution in [0.3, 0.4) is 0 Å². The van der Waals surface area contributed by atoms with Gasteiger partial charge in [0.15, 0.2) is 0 Å². The Bertz CT molecular complexity index is 144. The fourth-order valence-corrected chi connectivity index (χ4v) is 2.34. The van der Waals surface area contributed by atoms with E-state index in [1.807, 2.05) is 6.92 Å². The summed E-state index contributed by atoms with van der Waals surface area (Å²) in [4.78, 5) is 9.71. The van der Waals surface area contributed by atoms with Crippen molar-refractivity contribution in [3.8, 4) is 0 Å². The van der Waals surface area contributed by atoms with E-state index >= 15 is 0 Å². The number of nitrogens with one attached hydrogen (secondary N) is 1. The average molecular weight is 237 g/mol. The van der Waals surface area contributed by atoms with Gasteiger partial charge < -0.3 is 23.7 Å². The number of ether oxygens (including phenoxy) is 1. The third kappa shape index (κ3) is 7.89. The van der Waals surface area contributed by atoms with Crippen LogP contribution in [0.1, 0.15) is 13.3 Å². The molecule has 0 aromatic carbocycles. The summed E-state index contributed by atoms with van der Waals surface area (Å²) in [5, 5.41) is 3.22. The smallest absolute Gasteiger partial charge is 0.390 e. The highest BCUT2D eigenvalue weighted by atomic mass is 28.4. The molecule has 0 saturated heterocycles. The van der Waals surface area contributed by atoms with Crippen molar-refractivity contribution in [1.82, 2.24) is 5.32 Å². The van der Waals surface area contributed by atoms with E-state index in [1.54, 1.807) is 0 Å². The lowest BCUT2D eigenvalue weighted by atomic mass is 10.5. The highest BCUT2D eigenvalue weighted by Crippen LogP contribution is 2.09. The lowest BCUT2D eigenvalue weighted by molar-refractivity contribution is 0.146. The maximum Gasteiger partial charge on any atom is 0.497 e. The molecule has 0 amide bonds. The van der Waals surface area contributed by atoms with Crippen molar-refractivity contribution < 1.29 is 18.4 Å². The topological polar surface area (TPSA) is 60.0 Å². The third-order valence-corrected chi connectivity index (χ3v) is 4.37. The number of hydrogen-bond donors (Lipinski definition) is 2. The second-order valence-electron chi connectivity index (χ2n) is 3.17. The zero-order valence-electron chi connectivity index (χ0n) is 9.91. The molecule has 2 N–H and O–H groups in total. The van der Waals surface area contributed by atoms with Gasteiger partial charge in [-0.3, -0.25) is 0 Å². The first-order valence-electron chi connectivity index (χ1n) is 5.29. The molecule has 5 nitrogen and oxygen atoms in total. The maximum absolute atomic E-state index is 9.71. The van der Waals surface area contributed by atoms with E-state index in [0.717, 1.165) is 32.7 Å². The summed E-state index contributed by atoms with van der Waals surface area (Å²) in [5.74, 6) is 0. The first-order chi connectivity index (χ1) is 7.18. The number of hydrogen-bond acceptors (Lipinski definition) is 5. The van der Waals surface area contributed by atoms with Crippen molar-refractivity contribution >= 4 is 8.80 Å². The Hall–Kier alpha value is 0.0169. The van der Waals surface area contributed by atoms with E-state index < -0.39 is 8.80 Å². The molecule has 0 aliphatic rings. The SMILES string of the molecule is CCOCCNCCC[Si](O)(OC)OC. The van der Waals surface area contributed by atoms with Crippen LogP contribution in [0.2, 0.25) is 6.04 Å². The van der Waals surface area contributed by atoms with Crippen LogP contribution in [0.4, 0.5) is 0 Å². The minimum absolute atomic E-state index is 0.585. The zero-order chi connectivity index (χ0) is 11.6. The van der Waals surface area contributed by atoms with Gasteiger partial charge in [0, 0.05) is 33.4 Å². The van der Waals surface area contributed by atoms with Crippen LogP contribution < -0.4 is 5.32 Å². The van der Waals surface area contributed by atoms with Crippen LogP contribution in [-0.4, -0.2) is 54.1 Å². The van der Waals surface area contributed by atoms with Crippen LogP contribution in [0, 0.1) is 0 Å². The van der Waals surface area contributed by atoms with E-state index in [-0.39, 0.29) is 0 Å². The predicted octanol–water partition coefficient (Wildman–Crippen LogP) is 0.227. The van der Waals surface area contributed by atoms with Crippen molar-refractivity contribution in [2.75, 3.05) is 40.5 Å². The summed E-state index contributed by atoms with van der Waals surface area (Å²) < 4.78 is 15.1. The van der Waals surface area contributed by atoms with E-state index in [4.69, 9.17) is 13.6 Å². The Balaban J connectivity index is 3.29. The molecule has 0 radical (unpaired) electrons. The van der Waals surface area contributed by atoms with E-state index in [2.05, 4.69) is 5.32 Å². The Morgan fingerprint density at radius 1 is 1.20 bits per heavy atom. The molecule has 0 heterocycles. The third-order valence-electron chi connectivity index (χ3n) is 2.11. The Morgan fingerprint density at radius 3 is 2.40 bits per heavy atom. The number of rotatable bonds is 10. The van der Waals surface area contributed by atoms with Crippen molar-refractivity contribution in [3.63, 3.8) is 0 Å². The molecule has 0 bridgehead atoms. The molecular formula is C9H23NO4Si. The molecule has 15 heavy (non-hydrogen) atoms. The molecule has 92 valence electrons. The lowest BCUT2D eigenvalue weighted by Crippen LogP contribution is -2.40. The van der Waals surface area contributed by atoms with E-state index in [9.17, 15) is 4.80 Å². The summed E-state index contributed by atoms with van der Waals surface area (Å²) in [6, 6.07) is 0.585. The monoisotopic (exact) mass is 237 g/mol. The van der Waals surface area contributed by atoms with Gasteiger partial charge in [-0.15, -0.1) is 0 Å². The maximum atomic E-state index is 9.71. The van der Waals surface area contributed by atoms with Crippen molar-refractivity contribution in [2.24, 2.45) is 0 Å². The van der Waals surface area contributed by atoms with E-state index in [1.165, 1.54) is 14.2 Å². The average Bonchev–Trinajstić information content (AvgIpc) is 2.27. The van der Waals surface area contributed by atoms with Crippen LogP contribution in [0.15, 0.2) is 0 Å². The molecule has 0 spiro atoms. The van der Waals surface area contributed by atoms with Gasteiger partial charge in [0.2, 0.25) is 0 Å². The molecule has 0 rings (SSSR count). The van der Waals surface area contributed by atoms with Gasteiger partial charge >= 0.3 is 8.80 Å². The molecular weight excluding hydrogens is 214 g/mol. The van der Waals surface area contributed by atoms with Gasteiger partial charge in [-0.05, 0) is 19.9 Å². The highest BCUT2D eigenvalue weighted by molar-refractivity contribution is 6.59. The van der Waals surface area contributed by atoms with Crippen LogP contribution >= 0.6 is 0 Å². The van der Waals surface area contributed by atoms with Crippen LogP contribution in [-0.2, 0) is 13.6 Å². The first kappa shape index (κ1) is 15.0. The van der Waals surface area contributed by atoms with Crippen molar-refractivity contribution in [2.45, 2.75) is 19.4 Å². The molecule has 6 heteroatoms. The fraction of sp³-hybridized carbons (Fsp3) is 1.00. The second-order valence-corrected chi connectivity index (χ2v) is 5.91. The Kier molecular flexibility index (Phi) is 9.27. The quantitative estimate of drug-likeness (QED) is 0.421. The minimum atomic E-state index is -2.84. The molecule has 0 unspecified atom stereocenters. The van der Waals surface area contributed by atoms with Gasteiger partial charge in [-0.2, -0.15) is 0 Å². The van der Waals surface area contributed by atoms with Gasteiger partial charge in [0.1, 0.15) is 0 Å². The molecule has 0 aliphatic carbocycles. The zero-order valence-corrected chi connectivity index (χ0v) is 10.9. The largest absolute Gasteiger partial charge is 0.497 e. The van der Waals surface area contributed by atoms with Crippen molar-refractivity contribution in [1.29, 1.82) is 0 Å².